The lowest BCUT2D eigenvalue weighted by molar-refractivity contribution is 0.214. The molecular formula is C16H14BrFN2OS. The van der Waals surface area contributed by atoms with E-state index >= 15 is 0 Å². The molecule has 6 heteroatoms. The number of halogens is 2. The van der Waals surface area contributed by atoms with Crippen LogP contribution in [0.5, 0.6) is 0 Å². The fraction of sp³-hybridized carbons (Fsp3) is 0.188. The summed E-state index contributed by atoms with van der Waals surface area (Å²) in [7, 11) is 0. The van der Waals surface area contributed by atoms with Crippen LogP contribution in [0.1, 0.15) is 10.9 Å². The largest absolute Gasteiger partial charge is 0.323 e. The number of rotatable bonds is 2. The maximum absolute atomic E-state index is 13.1. The number of nitrogens with zero attached hydrogens (tertiary/aromatic N) is 1. The van der Waals surface area contributed by atoms with Crippen molar-refractivity contribution in [2.24, 2.45) is 0 Å². The summed E-state index contributed by atoms with van der Waals surface area (Å²) >= 11 is 5.07. The van der Waals surface area contributed by atoms with Crippen LogP contribution in [0.4, 0.5) is 14.9 Å². The number of benzene rings is 2. The molecule has 3 rings (SSSR count). The highest BCUT2D eigenvalue weighted by molar-refractivity contribution is 9.10. The van der Waals surface area contributed by atoms with Gasteiger partial charge in [-0.05, 0) is 35.9 Å². The van der Waals surface area contributed by atoms with E-state index in [-0.39, 0.29) is 17.2 Å². The van der Waals surface area contributed by atoms with Crippen molar-refractivity contribution in [2.75, 3.05) is 17.6 Å². The summed E-state index contributed by atoms with van der Waals surface area (Å²) in [4.78, 5) is 14.3. The van der Waals surface area contributed by atoms with Gasteiger partial charge in [-0.15, -0.1) is 11.8 Å². The average molecular weight is 381 g/mol. The van der Waals surface area contributed by atoms with Gasteiger partial charge in [-0.1, -0.05) is 34.1 Å². The number of urea groups is 1. The number of nitrogens with one attached hydrogen (secondary N) is 1. The molecule has 0 bridgehead atoms. The van der Waals surface area contributed by atoms with Crippen LogP contribution >= 0.6 is 27.7 Å². The van der Waals surface area contributed by atoms with Gasteiger partial charge in [0.25, 0.3) is 0 Å². The van der Waals surface area contributed by atoms with E-state index in [4.69, 9.17) is 0 Å². The van der Waals surface area contributed by atoms with Crippen LogP contribution in [0.3, 0.4) is 0 Å². The minimum absolute atomic E-state index is 0.0762. The topological polar surface area (TPSA) is 32.3 Å². The maximum atomic E-state index is 13.1. The Hall–Kier alpha value is -1.53. The van der Waals surface area contributed by atoms with Gasteiger partial charge in [-0.2, -0.15) is 0 Å². The fourth-order valence-electron chi connectivity index (χ4n) is 2.34. The molecule has 0 spiro atoms. The first-order valence-corrected chi connectivity index (χ1v) is 8.68. The van der Waals surface area contributed by atoms with Crippen molar-refractivity contribution in [1.82, 2.24) is 4.90 Å². The number of hydrogen-bond donors (Lipinski definition) is 1. The van der Waals surface area contributed by atoms with Gasteiger partial charge in [0.1, 0.15) is 11.2 Å². The zero-order valence-electron chi connectivity index (χ0n) is 11.6. The van der Waals surface area contributed by atoms with Crippen molar-refractivity contribution in [3.63, 3.8) is 0 Å². The quantitative estimate of drug-likeness (QED) is 0.805. The van der Waals surface area contributed by atoms with Gasteiger partial charge >= 0.3 is 6.03 Å². The summed E-state index contributed by atoms with van der Waals surface area (Å²) in [6.45, 7) is 0.673. The molecule has 0 radical (unpaired) electrons. The van der Waals surface area contributed by atoms with Crippen molar-refractivity contribution < 1.29 is 9.18 Å². The third kappa shape index (κ3) is 3.44. The SMILES string of the molecule is O=C(Nc1cccc(Br)c1)N1CCS[C@H]1c1ccc(F)cc1. The van der Waals surface area contributed by atoms with Crippen molar-refractivity contribution in [3.05, 3.63) is 64.4 Å². The van der Waals surface area contributed by atoms with E-state index in [1.807, 2.05) is 24.3 Å². The Balaban J connectivity index is 1.75. The number of amides is 2. The van der Waals surface area contributed by atoms with Crippen LogP contribution in [0.2, 0.25) is 0 Å². The molecule has 2 aromatic rings. The van der Waals surface area contributed by atoms with E-state index in [1.54, 1.807) is 28.8 Å². The molecule has 1 aliphatic heterocycles. The standard InChI is InChI=1S/C16H14BrFN2OS/c17-12-2-1-3-14(10-12)19-16(21)20-8-9-22-15(20)11-4-6-13(18)7-5-11/h1-7,10,15H,8-9H2,(H,19,21)/t15-/m0/s1. The van der Waals surface area contributed by atoms with Crippen LogP contribution < -0.4 is 5.32 Å². The average Bonchev–Trinajstić information content (AvgIpc) is 2.97. The molecule has 1 fully saturated rings. The smallest absolute Gasteiger partial charge is 0.308 e. The van der Waals surface area contributed by atoms with Crippen LogP contribution in [0.15, 0.2) is 53.0 Å². The summed E-state index contributed by atoms with van der Waals surface area (Å²) in [6.07, 6.45) is 0. The molecule has 1 heterocycles. The second-order valence-electron chi connectivity index (χ2n) is 4.91. The van der Waals surface area contributed by atoms with Gasteiger partial charge in [0.15, 0.2) is 0 Å². The molecule has 22 heavy (non-hydrogen) atoms. The summed E-state index contributed by atoms with van der Waals surface area (Å²) in [6, 6.07) is 13.7. The Labute approximate surface area is 141 Å². The lowest BCUT2D eigenvalue weighted by atomic mass is 10.2. The van der Waals surface area contributed by atoms with Gasteiger partial charge in [0.05, 0.1) is 0 Å². The summed E-state index contributed by atoms with van der Waals surface area (Å²) in [5.74, 6) is 0.602. The van der Waals surface area contributed by atoms with E-state index < -0.39 is 0 Å². The summed E-state index contributed by atoms with van der Waals surface area (Å²) < 4.78 is 14.0. The molecule has 1 aliphatic rings. The highest BCUT2D eigenvalue weighted by Gasteiger charge is 2.30. The highest BCUT2D eigenvalue weighted by Crippen LogP contribution is 2.38. The predicted octanol–water partition coefficient (Wildman–Crippen LogP) is 4.87. The zero-order valence-corrected chi connectivity index (χ0v) is 14.0. The summed E-state index contributed by atoms with van der Waals surface area (Å²) in [5, 5.41) is 2.83. The van der Waals surface area contributed by atoms with Crippen molar-refractivity contribution in [1.29, 1.82) is 0 Å². The lowest BCUT2D eigenvalue weighted by Crippen LogP contribution is -2.34. The second-order valence-corrected chi connectivity index (χ2v) is 7.01. The first-order chi connectivity index (χ1) is 10.6. The maximum Gasteiger partial charge on any atom is 0.323 e. The first-order valence-electron chi connectivity index (χ1n) is 6.84. The minimum Gasteiger partial charge on any atom is -0.308 e. The minimum atomic E-state index is -0.267. The van der Waals surface area contributed by atoms with Gasteiger partial charge in [-0.25, -0.2) is 9.18 Å². The lowest BCUT2D eigenvalue weighted by Gasteiger charge is -2.24. The van der Waals surface area contributed by atoms with Gasteiger partial charge in [-0.3, -0.25) is 0 Å². The molecular weight excluding hydrogens is 367 g/mol. The van der Waals surface area contributed by atoms with Crippen LogP contribution in [-0.2, 0) is 0 Å². The Morgan fingerprint density at radius 2 is 2.05 bits per heavy atom. The van der Waals surface area contributed by atoms with Gasteiger partial charge in [0, 0.05) is 22.5 Å². The number of anilines is 1. The molecule has 0 unspecified atom stereocenters. The normalized spacial score (nSPS) is 17.5. The van der Waals surface area contributed by atoms with Gasteiger partial charge in [0.2, 0.25) is 0 Å². The number of thioether (sulfide) groups is 1. The molecule has 1 saturated heterocycles. The number of carbonyl (C=O) groups excluding carboxylic acids is 1. The Morgan fingerprint density at radius 1 is 1.27 bits per heavy atom. The van der Waals surface area contributed by atoms with Crippen molar-refractivity contribution in [2.45, 2.75) is 5.37 Å². The van der Waals surface area contributed by atoms with E-state index in [1.165, 1.54) is 12.1 Å². The molecule has 1 atom stereocenters. The van der Waals surface area contributed by atoms with Crippen molar-refractivity contribution >= 4 is 39.4 Å². The highest BCUT2D eigenvalue weighted by atomic mass is 79.9. The predicted molar refractivity (Wildman–Crippen MR) is 91.5 cm³/mol. The molecule has 3 nitrogen and oxygen atoms in total. The van der Waals surface area contributed by atoms with Crippen molar-refractivity contribution in [3.8, 4) is 0 Å². The molecule has 114 valence electrons. The molecule has 0 aromatic heterocycles. The van der Waals surface area contributed by atoms with Crippen LogP contribution in [0.25, 0.3) is 0 Å². The third-order valence-electron chi connectivity index (χ3n) is 3.38. The van der Waals surface area contributed by atoms with E-state index in [9.17, 15) is 9.18 Å². The van der Waals surface area contributed by atoms with Crippen LogP contribution in [-0.4, -0.2) is 23.2 Å². The van der Waals surface area contributed by atoms with E-state index in [2.05, 4.69) is 21.2 Å². The van der Waals surface area contributed by atoms with Crippen LogP contribution in [0, 0.1) is 5.82 Å². The Bertz CT molecular complexity index is 680. The molecule has 0 saturated carbocycles. The second kappa shape index (κ2) is 6.71. The van der Waals surface area contributed by atoms with E-state index in [0.717, 1.165) is 21.5 Å². The monoisotopic (exact) mass is 380 g/mol. The first kappa shape index (κ1) is 15.4. The zero-order chi connectivity index (χ0) is 15.5. The fourth-order valence-corrected chi connectivity index (χ4v) is 4.00. The molecule has 1 N–H and O–H groups in total. The number of hydrogen-bond acceptors (Lipinski definition) is 2. The molecule has 0 aliphatic carbocycles. The van der Waals surface area contributed by atoms with Gasteiger partial charge < -0.3 is 10.2 Å². The Kier molecular flexibility index (Phi) is 4.69. The number of carbonyl (C=O) groups is 1. The Morgan fingerprint density at radius 3 is 2.77 bits per heavy atom. The third-order valence-corrected chi connectivity index (χ3v) is 5.14. The summed E-state index contributed by atoms with van der Waals surface area (Å²) in [5.41, 5.74) is 1.68. The molecule has 2 amide bonds. The van der Waals surface area contributed by atoms with E-state index in [0.29, 0.717) is 6.54 Å². The molecule has 2 aromatic carbocycles.